The van der Waals surface area contributed by atoms with Gasteiger partial charge < -0.3 is 11.2 Å². The van der Waals surface area contributed by atoms with Crippen molar-refractivity contribution in [2.45, 2.75) is 19.0 Å². The third-order valence-corrected chi connectivity index (χ3v) is 6.17. The predicted molar refractivity (Wildman–Crippen MR) is 119 cm³/mol. The highest BCUT2D eigenvalue weighted by Gasteiger charge is 2.16. The van der Waals surface area contributed by atoms with Gasteiger partial charge in [-0.15, -0.1) is 10.2 Å². The molecule has 146 valence electrons. The van der Waals surface area contributed by atoms with Crippen LogP contribution in [-0.4, -0.2) is 26.5 Å². The summed E-state index contributed by atoms with van der Waals surface area (Å²) < 4.78 is 2.13. The minimum absolute atomic E-state index is 0.128. The number of aryl methyl sites for hydroxylation is 2. The molecule has 10 heteroatoms. The number of nitrogens with zero attached hydrogens (tertiary/aromatic N) is 3. The maximum atomic E-state index is 12.3. The first-order chi connectivity index (χ1) is 13.3. The number of benzene rings is 2. The number of nitrogen functional groups attached to an aromatic ring is 1. The molecule has 0 saturated heterocycles. The fourth-order valence-corrected chi connectivity index (χ4v) is 4.13. The Hall–Kier alpha value is -1.74. The third-order valence-electron chi connectivity index (χ3n) is 4.03. The second-order valence-electron chi connectivity index (χ2n) is 6.05. The summed E-state index contributed by atoms with van der Waals surface area (Å²) in [5.74, 6) is 6.42. The molecule has 3 aromatic rings. The van der Waals surface area contributed by atoms with Crippen LogP contribution < -0.4 is 11.2 Å². The molecule has 0 radical (unpaired) electrons. The smallest absolute Gasteiger partial charge is 0.234 e. The number of carbonyl (C=O) groups excluding carboxylic acids is 1. The normalized spacial score (nSPS) is 10.9. The van der Waals surface area contributed by atoms with Crippen molar-refractivity contribution < 1.29 is 4.79 Å². The zero-order chi connectivity index (χ0) is 20.4. The van der Waals surface area contributed by atoms with Gasteiger partial charge in [0.2, 0.25) is 11.1 Å². The summed E-state index contributed by atoms with van der Waals surface area (Å²) in [6, 6.07) is 8.91. The quantitative estimate of drug-likeness (QED) is 0.377. The summed E-state index contributed by atoms with van der Waals surface area (Å²) in [6.07, 6.45) is 0. The van der Waals surface area contributed by atoms with E-state index in [4.69, 9.17) is 29.0 Å². The molecule has 0 fully saturated rings. The SMILES string of the molecule is Cc1cc(Br)c(NC(=O)CSc2nnc(-c3ccc(Cl)cc3Cl)n2N)cc1C. The van der Waals surface area contributed by atoms with Gasteiger partial charge in [-0.1, -0.05) is 35.0 Å². The number of hydrogen-bond donors (Lipinski definition) is 2. The number of amides is 1. The molecular weight excluding hydrogens is 485 g/mol. The van der Waals surface area contributed by atoms with Gasteiger partial charge in [0, 0.05) is 15.1 Å². The van der Waals surface area contributed by atoms with Crippen molar-refractivity contribution >= 4 is 62.5 Å². The fraction of sp³-hybridized carbons (Fsp3) is 0.167. The van der Waals surface area contributed by atoms with Gasteiger partial charge in [0.05, 0.1) is 16.5 Å². The van der Waals surface area contributed by atoms with Gasteiger partial charge in [-0.25, -0.2) is 4.68 Å². The van der Waals surface area contributed by atoms with E-state index in [0.717, 1.165) is 21.3 Å². The van der Waals surface area contributed by atoms with Crippen LogP contribution in [0.2, 0.25) is 10.0 Å². The number of nitrogens with two attached hydrogens (primary N) is 1. The Kier molecular flexibility index (Phi) is 6.54. The van der Waals surface area contributed by atoms with Crippen LogP contribution >= 0.6 is 50.9 Å². The lowest BCUT2D eigenvalue weighted by Crippen LogP contribution is -2.17. The first-order valence-electron chi connectivity index (χ1n) is 8.11. The molecule has 1 aromatic heterocycles. The number of anilines is 1. The van der Waals surface area contributed by atoms with E-state index in [1.54, 1.807) is 18.2 Å². The maximum Gasteiger partial charge on any atom is 0.234 e. The average molecular weight is 501 g/mol. The monoisotopic (exact) mass is 499 g/mol. The first-order valence-corrected chi connectivity index (χ1v) is 10.6. The highest BCUT2D eigenvalue weighted by molar-refractivity contribution is 9.10. The van der Waals surface area contributed by atoms with Gasteiger partial charge in [-0.05, 0) is 71.2 Å². The number of rotatable bonds is 5. The Labute approximate surface area is 184 Å². The van der Waals surface area contributed by atoms with Crippen molar-refractivity contribution in [1.29, 1.82) is 0 Å². The van der Waals surface area contributed by atoms with Crippen molar-refractivity contribution in [1.82, 2.24) is 14.9 Å². The molecule has 0 atom stereocenters. The summed E-state index contributed by atoms with van der Waals surface area (Å²) >= 11 is 16.8. The molecule has 0 bridgehead atoms. The van der Waals surface area contributed by atoms with Crippen LogP contribution in [0.5, 0.6) is 0 Å². The molecule has 0 spiro atoms. The summed E-state index contributed by atoms with van der Waals surface area (Å²) in [6.45, 7) is 4.01. The number of halogens is 3. The Morgan fingerprint density at radius 1 is 1.21 bits per heavy atom. The van der Waals surface area contributed by atoms with E-state index in [1.165, 1.54) is 16.4 Å². The second-order valence-corrected chi connectivity index (χ2v) is 8.69. The lowest BCUT2D eigenvalue weighted by Gasteiger charge is -2.10. The molecule has 6 nitrogen and oxygen atoms in total. The molecule has 1 amide bonds. The maximum absolute atomic E-state index is 12.3. The minimum Gasteiger partial charge on any atom is -0.335 e. The largest absolute Gasteiger partial charge is 0.335 e. The molecule has 3 rings (SSSR count). The van der Waals surface area contributed by atoms with Crippen LogP contribution in [0.25, 0.3) is 11.4 Å². The van der Waals surface area contributed by atoms with Gasteiger partial charge in [0.1, 0.15) is 0 Å². The number of carbonyl (C=O) groups is 1. The zero-order valence-corrected chi connectivity index (χ0v) is 18.9. The van der Waals surface area contributed by atoms with E-state index < -0.39 is 0 Å². The second kappa shape index (κ2) is 8.73. The van der Waals surface area contributed by atoms with Gasteiger partial charge in [0.15, 0.2) is 5.82 Å². The minimum atomic E-state index is -0.178. The molecule has 0 aliphatic heterocycles. The van der Waals surface area contributed by atoms with Crippen LogP contribution in [0.1, 0.15) is 11.1 Å². The molecule has 0 unspecified atom stereocenters. The molecular formula is C18H16BrCl2N5OS. The Morgan fingerprint density at radius 2 is 1.93 bits per heavy atom. The topological polar surface area (TPSA) is 85.8 Å². The number of aromatic nitrogens is 3. The predicted octanol–water partition coefficient (Wildman–Crippen LogP) is 5.08. The summed E-state index contributed by atoms with van der Waals surface area (Å²) in [5, 5.41) is 12.3. The Bertz CT molecular complexity index is 1060. The van der Waals surface area contributed by atoms with Crippen molar-refractivity contribution in [2.24, 2.45) is 0 Å². The third kappa shape index (κ3) is 4.63. The van der Waals surface area contributed by atoms with Crippen LogP contribution in [0.15, 0.2) is 40.0 Å². The molecule has 1 heterocycles. The summed E-state index contributed by atoms with van der Waals surface area (Å²) in [5.41, 5.74) is 3.56. The van der Waals surface area contributed by atoms with Crippen molar-refractivity contribution in [3.63, 3.8) is 0 Å². The van der Waals surface area contributed by atoms with E-state index in [0.29, 0.717) is 26.6 Å². The van der Waals surface area contributed by atoms with E-state index >= 15 is 0 Å². The molecule has 3 N–H and O–H groups in total. The molecule has 0 aliphatic carbocycles. The van der Waals surface area contributed by atoms with Crippen LogP contribution in [0, 0.1) is 13.8 Å². The lowest BCUT2D eigenvalue weighted by molar-refractivity contribution is -0.113. The highest BCUT2D eigenvalue weighted by Crippen LogP contribution is 2.30. The van der Waals surface area contributed by atoms with E-state index in [9.17, 15) is 4.79 Å². The molecule has 0 saturated carbocycles. The molecule has 0 aliphatic rings. The van der Waals surface area contributed by atoms with Crippen LogP contribution in [0.3, 0.4) is 0 Å². The van der Waals surface area contributed by atoms with Crippen LogP contribution in [-0.2, 0) is 4.79 Å². The van der Waals surface area contributed by atoms with Gasteiger partial charge in [0.25, 0.3) is 0 Å². The van der Waals surface area contributed by atoms with E-state index in [-0.39, 0.29) is 11.7 Å². The van der Waals surface area contributed by atoms with Gasteiger partial charge >= 0.3 is 0 Å². The average Bonchev–Trinajstić information content (AvgIpc) is 2.98. The van der Waals surface area contributed by atoms with Crippen LogP contribution in [0.4, 0.5) is 5.69 Å². The Morgan fingerprint density at radius 3 is 2.64 bits per heavy atom. The lowest BCUT2D eigenvalue weighted by atomic mass is 10.1. The van der Waals surface area contributed by atoms with Crippen molar-refractivity contribution in [3.8, 4) is 11.4 Å². The van der Waals surface area contributed by atoms with E-state index in [2.05, 4.69) is 31.4 Å². The molecule has 28 heavy (non-hydrogen) atoms. The number of thioether (sulfide) groups is 1. The number of hydrogen-bond acceptors (Lipinski definition) is 5. The standard InChI is InChI=1S/C18H16BrCl2N5OS/c1-9-5-13(19)15(6-10(9)2)23-16(27)8-28-18-25-24-17(26(18)22)12-4-3-11(20)7-14(12)21/h3-7H,8,22H2,1-2H3,(H,23,27). The zero-order valence-electron chi connectivity index (χ0n) is 15.0. The van der Waals surface area contributed by atoms with Crippen molar-refractivity contribution in [3.05, 3.63) is 56.0 Å². The number of nitrogens with one attached hydrogen (secondary N) is 1. The van der Waals surface area contributed by atoms with Crippen molar-refractivity contribution in [2.75, 3.05) is 16.9 Å². The first kappa shape index (κ1) is 21.0. The molecule has 2 aromatic carbocycles. The Balaban J connectivity index is 1.69. The van der Waals surface area contributed by atoms with E-state index in [1.807, 2.05) is 26.0 Å². The summed E-state index contributed by atoms with van der Waals surface area (Å²) in [7, 11) is 0. The highest BCUT2D eigenvalue weighted by atomic mass is 79.9. The fourth-order valence-electron chi connectivity index (χ4n) is 2.42. The van der Waals surface area contributed by atoms with Gasteiger partial charge in [-0.2, -0.15) is 0 Å². The summed E-state index contributed by atoms with van der Waals surface area (Å²) in [4.78, 5) is 12.3. The van der Waals surface area contributed by atoms with Gasteiger partial charge in [-0.3, -0.25) is 4.79 Å².